The smallest absolute Gasteiger partial charge is 0.307 e. The normalized spacial score (nSPS) is 10.7. The third-order valence-corrected chi connectivity index (χ3v) is 2.20. The summed E-state index contributed by atoms with van der Waals surface area (Å²) >= 11 is 4.10. The molecule has 0 bridgehead atoms. The van der Waals surface area contributed by atoms with Crippen molar-refractivity contribution < 1.29 is 9.90 Å². The Kier molecular flexibility index (Phi) is 4.98. The lowest BCUT2D eigenvalue weighted by Crippen LogP contribution is -1.99. The summed E-state index contributed by atoms with van der Waals surface area (Å²) in [6.45, 7) is 0. The highest BCUT2D eigenvalue weighted by atomic mass is 32.1. The van der Waals surface area contributed by atoms with E-state index in [1.54, 1.807) is 0 Å². The van der Waals surface area contributed by atoms with Crippen LogP contribution in [0.1, 0.15) is 17.5 Å². The zero-order valence-electron chi connectivity index (χ0n) is 8.39. The van der Waals surface area contributed by atoms with Crippen LogP contribution in [0.5, 0.6) is 0 Å². The highest BCUT2D eigenvalue weighted by molar-refractivity contribution is 7.80. The molecule has 0 radical (unpaired) electrons. The molecule has 0 spiro atoms. The van der Waals surface area contributed by atoms with Crippen LogP contribution < -0.4 is 0 Å². The summed E-state index contributed by atoms with van der Waals surface area (Å²) in [5.41, 5.74) is 1.92. The van der Waals surface area contributed by atoms with Crippen LogP contribution in [-0.2, 0) is 11.2 Å². The molecule has 80 valence electrons. The molecule has 1 aromatic rings. The maximum Gasteiger partial charge on any atom is 0.307 e. The van der Waals surface area contributed by atoms with Crippen LogP contribution >= 0.6 is 12.6 Å². The van der Waals surface area contributed by atoms with Gasteiger partial charge < -0.3 is 5.11 Å². The van der Waals surface area contributed by atoms with E-state index in [0.717, 1.165) is 23.3 Å². The molecule has 0 unspecified atom stereocenters. The van der Waals surface area contributed by atoms with Gasteiger partial charge in [-0.05, 0) is 23.3 Å². The summed E-state index contributed by atoms with van der Waals surface area (Å²) in [7, 11) is 0. The first-order chi connectivity index (χ1) is 7.22. The number of aliphatic carboxylic acids is 1. The van der Waals surface area contributed by atoms with Crippen LogP contribution in [0.3, 0.4) is 0 Å². The van der Waals surface area contributed by atoms with Gasteiger partial charge in [-0.15, -0.1) is 0 Å². The predicted octanol–water partition coefficient (Wildman–Crippen LogP) is 2.65. The van der Waals surface area contributed by atoms with Crippen LogP contribution in [-0.4, -0.2) is 16.8 Å². The number of thiol groups is 1. The second kappa shape index (κ2) is 6.30. The summed E-state index contributed by atoms with van der Waals surface area (Å²) in [6.07, 6.45) is 5.10. The molecule has 15 heavy (non-hydrogen) atoms. The van der Waals surface area contributed by atoms with Crippen molar-refractivity contribution in [1.82, 2.24) is 0 Å². The van der Waals surface area contributed by atoms with E-state index in [2.05, 4.69) is 18.7 Å². The average molecular weight is 222 g/mol. The molecule has 0 aliphatic carbocycles. The zero-order chi connectivity index (χ0) is 11.1. The molecular weight excluding hydrogens is 208 g/mol. The van der Waals surface area contributed by atoms with Crippen LogP contribution in [0, 0.1) is 0 Å². The maximum atomic E-state index is 10.4. The van der Waals surface area contributed by atoms with Gasteiger partial charge in [0.15, 0.2) is 0 Å². The van der Waals surface area contributed by atoms with Crippen LogP contribution in [0.4, 0.5) is 0 Å². The van der Waals surface area contributed by atoms with Crippen LogP contribution in [0.15, 0.2) is 30.3 Å². The SMILES string of the molecule is O=C(O)Cc1ccc(C=CCCS)cc1. The van der Waals surface area contributed by atoms with Crippen molar-refractivity contribution in [2.24, 2.45) is 0 Å². The molecule has 2 nitrogen and oxygen atoms in total. The quantitative estimate of drug-likeness (QED) is 0.751. The van der Waals surface area contributed by atoms with Gasteiger partial charge in [-0.2, -0.15) is 12.6 Å². The molecule has 0 saturated carbocycles. The molecular formula is C12H14O2S. The molecule has 1 N–H and O–H groups in total. The third kappa shape index (κ3) is 4.70. The molecule has 1 aromatic carbocycles. The lowest BCUT2D eigenvalue weighted by molar-refractivity contribution is -0.136. The minimum absolute atomic E-state index is 0.0840. The Balaban J connectivity index is 2.60. The van der Waals surface area contributed by atoms with E-state index in [0.29, 0.717) is 0 Å². The van der Waals surface area contributed by atoms with Gasteiger partial charge in [0, 0.05) is 0 Å². The number of allylic oxidation sites excluding steroid dienone is 1. The van der Waals surface area contributed by atoms with E-state index >= 15 is 0 Å². The molecule has 0 saturated heterocycles. The van der Waals surface area contributed by atoms with Crippen LogP contribution in [0.25, 0.3) is 6.08 Å². The van der Waals surface area contributed by atoms with Gasteiger partial charge in [0.1, 0.15) is 0 Å². The van der Waals surface area contributed by atoms with Gasteiger partial charge in [0.05, 0.1) is 6.42 Å². The Hall–Kier alpha value is -1.22. The van der Waals surface area contributed by atoms with Crippen molar-refractivity contribution in [2.45, 2.75) is 12.8 Å². The first-order valence-electron chi connectivity index (χ1n) is 4.80. The van der Waals surface area contributed by atoms with Gasteiger partial charge in [-0.1, -0.05) is 36.4 Å². The molecule has 0 aromatic heterocycles. The van der Waals surface area contributed by atoms with Crippen molar-refractivity contribution in [2.75, 3.05) is 5.75 Å². The fraction of sp³-hybridized carbons (Fsp3) is 0.250. The van der Waals surface area contributed by atoms with E-state index in [-0.39, 0.29) is 6.42 Å². The Bertz CT molecular complexity index is 341. The van der Waals surface area contributed by atoms with Crippen molar-refractivity contribution in [3.05, 3.63) is 41.5 Å². The molecule has 0 heterocycles. The zero-order valence-corrected chi connectivity index (χ0v) is 9.28. The minimum atomic E-state index is -0.798. The van der Waals surface area contributed by atoms with Gasteiger partial charge in [0.25, 0.3) is 0 Å². The Morgan fingerprint density at radius 3 is 2.53 bits per heavy atom. The summed E-state index contributed by atoms with van der Waals surface area (Å²) in [4.78, 5) is 10.4. The number of benzene rings is 1. The van der Waals surface area contributed by atoms with Gasteiger partial charge in [-0.25, -0.2) is 0 Å². The topological polar surface area (TPSA) is 37.3 Å². The van der Waals surface area contributed by atoms with E-state index in [1.165, 1.54) is 0 Å². The Morgan fingerprint density at radius 2 is 2.00 bits per heavy atom. The monoisotopic (exact) mass is 222 g/mol. The van der Waals surface area contributed by atoms with Gasteiger partial charge in [-0.3, -0.25) is 4.79 Å². The summed E-state index contributed by atoms with van der Waals surface area (Å²) in [6, 6.07) is 7.53. The highest BCUT2D eigenvalue weighted by Gasteiger charge is 1.98. The highest BCUT2D eigenvalue weighted by Crippen LogP contribution is 2.07. The first-order valence-corrected chi connectivity index (χ1v) is 5.44. The number of carboxylic acid groups (broad SMARTS) is 1. The van der Waals surface area contributed by atoms with Gasteiger partial charge in [0.2, 0.25) is 0 Å². The Labute approximate surface area is 95.0 Å². The molecule has 0 amide bonds. The molecule has 0 atom stereocenters. The first kappa shape index (κ1) is 11.9. The van der Waals surface area contributed by atoms with Crippen LogP contribution in [0.2, 0.25) is 0 Å². The second-order valence-electron chi connectivity index (χ2n) is 3.23. The van der Waals surface area contributed by atoms with Crippen molar-refractivity contribution in [3.8, 4) is 0 Å². The molecule has 0 aliphatic rings. The largest absolute Gasteiger partial charge is 0.481 e. The van der Waals surface area contributed by atoms with E-state index in [9.17, 15) is 4.79 Å². The number of carboxylic acids is 1. The third-order valence-electron chi connectivity index (χ3n) is 1.94. The average Bonchev–Trinajstić information content (AvgIpc) is 2.20. The standard InChI is InChI=1S/C12H14O2S/c13-12(14)9-11-6-4-10(5-7-11)3-1-2-8-15/h1,3-7,15H,2,8-9H2,(H,13,14). The summed E-state index contributed by atoms with van der Waals surface area (Å²) in [5, 5.41) is 8.59. The van der Waals surface area contributed by atoms with E-state index in [4.69, 9.17) is 5.11 Å². The fourth-order valence-corrected chi connectivity index (χ4v) is 1.36. The Morgan fingerprint density at radius 1 is 1.33 bits per heavy atom. The number of carbonyl (C=O) groups is 1. The maximum absolute atomic E-state index is 10.4. The molecule has 1 rings (SSSR count). The van der Waals surface area contributed by atoms with E-state index in [1.807, 2.05) is 30.3 Å². The van der Waals surface area contributed by atoms with Gasteiger partial charge >= 0.3 is 5.97 Å². The molecule has 0 aliphatic heterocycles. The van der Waals surface area contributed by atoms with Crippen molar-refractivity contribution >= 4 is 24.7 Å². The molecule has 0 fully saturated rings. The van der Waals surface area contributed by atoms with Crippen molar-refractivity contribution in [3.63, 3.8) is 0 Å². The predicted molar refractivity (Wildman–Crippen MR) is 65.3 cm³/mol. The molecule has 3 heteroatoms. The summed E-state index contributed by atoms with van der Waals surface area (Å²) < 4.78 is 0. The van der Waals surface area contributed by atoms with Crippen molar-refractivity contribution in [1.29, 1.82) is 0 Å². The minimum Gasteiger partial charge on any atom is -0.481 e. The number of rotatable bonds is 5. The fourth-order valence-electron chi connectivity index (χ4n) is 1.22. The lowest BCUT2D eigenvalue weighted by atomic mass is 10.1. The number of hydrogen-bond acceptors (Lipinski definition) is 2. The lowest BCUT2D eigenvalue weighted by Gasteiger charge is -1.97. The number of hydrogen-bond donors (Lipinski definition) is 2. The van der Waals surface area contributed by atoms with E-state index < -0.39 is 5.97 Å². The second-order valence-corrected chi connectivity index (χ2v) is 3.67. The summed E-state index contributed by atoms with van der Waals surface area (Å²) in [5.74, 6) is 0.0431.